The highest BCUT2D eigenvalue weighted by Crippen LogP contribution is 2.39. The van der Waals surface area contributed by atoms with E-state index in [0.29, 0.717) is 16.7 Å². The molecule has 7 aromatic carbocycles. The van der Waals surface area contributed by atoms with Crippen LogP contribution in [0.4, 0.5) is 0 Å². The van der Waals surface area contributed by atoms with E-state index < -0.39 is 0 Å². The van der Waals surface area contributed by atoms with Gasteiger partial charge in [-0.15, -0.1) is 0 Å². The minimum Gasteiger partial charge on any atom is -0.309 e. The van der Waals surface area contributed by atoms with E-state index in [4.69, 9.17) is 0 Å². The van der Waals surface area contributed by atoms with Crippen LogP contribution in [0.5, 0.6) is 0 Å². The average molecular weight is 636 g/mol. The lowest BCUT2D eigenvalue weighted by molar-refractivity contribution is 1.18. The summed E-state index contributed by atoms with van der Waals surface area (Å²) < 4.78 is 4.45. The second-order valence-electron chi connectivity index (χ2n) is 12.3. The Bertz CT molecular complexity index is 2900. The number of aromatic nitrogens is 2. The fourth-order valence-electron chi connectivity index (χ4n) is 7.37. The van der Waals surface area contributed by atoms with Crippen LogP contribution in [0.3, 0.4) is 0 Å². The minimum absolute atomic E-state index is 0.540. The van der Waals surface area contributed by atoms with Crippen LogP contribution in [0.25, 0.3) is 77.2 Å². The van der Waals surface area contributed by atoms with E-state index in [9.17, 15) is 15.8 Å². The Balaban J connectivity index is 1.21. The first-order valence-electron chi connectivity index (χ1n) is 16.3. The van der Waals surface area contributed by atoms with E-state index in [1.165, 1.54) is 10.8 Å². The van der Waals surface area contributed by atoms with Crippen molar-refractivity contribution < 1.29 is 0 Å². The zero-order chi connectivity index (χ0) is 33.8. The summed E-state index contributed by atoms with van der Waals surface area (Å²) in [6, 6.07) is 57.8. The lowest BCUT2D eigenvalue weighted by atomic mass is 9.93. The first-order chi connectivity index (χ1) is 24.7. The fraction of sp³-hybridized carbons (Fsp3) is 0. The predicted molar refractivity (Wildman–Crippen MR) is 200 cm³/mol. The van der Waals surface area contributed by atoms with Crippen LogP contribution < -0.4 is 0 Å². The van der Waals surface area contributed by atoms with Gasteiger partial charge in [-0.25, -0.2) is 0 Å². The van der Waals surface area contributed by atoms with Crippen molar-refractivity contribution in [1.29, 1.82) is 15.8 Å². The highest BCUT2D eigenvalue weighted by atomic mass is 15.0. The number of hydrogen-bond acceptors (Lipinski definition) is 3. The van der Waals surface area contributed by atoms with Crippen LogP contribution in [0.1, 0.15) is 16.7 Å². The van der Waals surface area contributed by atoms with E-state index in [-0.39, 0.29) is 0 Å². The van der Waals surface area contributed by atoms with Gasteiger partial charge in [-0.3, -0.25) is 0 Å². The number of nitrogens with zero attached hydrogens (tertiary/aromatic N) is 5. The van der Waals surface area contributed by atoms with Crippen molar-refractivity contribution in [2.24, 2.45) is 0 Å². The van der Waals surface area contributed by atoms with Gasteiger partial charge >= 0.3 is 0 Å². The summed E-state index contributed by atoms with van der Waals surface area (Å²) in [5, 5.41) is 34.2. The molecule has 0 aliphatic carbocycles. The number of para-hydroxylation sites is 3. The van der Waals surface area contributed by atoms with Gasteiger partial charge in [0, 0.05) is 38.4 Å². The van der Waals surface area contributed by atoms with E-state index >= 15 is 0 Å². The van der Waals surface area contributed by atoms with Gasteiger partial charge in [-0.05, 0) is 83.9 Å². The number of hydrogen-bond donors (Lipinski definition) is 0. The third-order valence-electron chi connectivity index (χ3n) is 9.64. The molecule has 0 aliphatic heterocycles. The summed E-state index contributed by atoms with van der Waals surface area (Å²) in [5.41, 5.74) is 11.4. The molecule has 0 fully saturated rings. The molecule has 0 bridgehead atoms. The third kappa shape index (κ3) is 4.38. The van der Waals surface area contributed by atoms with Crippen molar-refractivity contribution in [3.8, 4) is 51.8 Å². The number of fused-ring (bicyclic) bond motifs is 6. The van der Waals surface area contributed by atoms with Gasteiger partial charge in [0.05, 0.1) is 62.7 Å². The molecule has 0 unspecified atom stereocenters. The number of rotatable bonds is 4. The summed E-state index contributed by atoms with van der Waals surface area (Å²) >= 11 is 0. The molecule has 5 nitrogen and oxygen atoms in total. The van der Waals surface area contributed by atoms with Gasteiger partial charge in [0.2, 0.25) is 0 Å². The minimum atomic E-state index is 0.540. The Labute approximate surface area is 287 Å². The van der Waals surface area contributed by atoms with Gasteiger partial charge in [0.1, 0.15) is 0 Å². The molecule has 0 radical (unpaired) electrons. The molecule has 0 saturated carbocycles. The van der Waals surface area contributed by atoms with E-state index in [1.54, 1.807) is 0 Å². The van der Waals surface area contributed by atoms with Crippen molar-refractivity contribution in [3.05, 3.63) is 168 Å². The SMILES string of the molecule is N#Cc1ccc(-c2ccc(C#N)c(-c3ccc(-n4c5ccccc5c5ccccc54)cc3)c2)c(-n2c3ccccc3c3cc(C#N)ccc32)c1. The Hall–Kier alpha value is -7.39. The standard InChI is InChI=1S/C45H25N5/c46-26-29-14-22-44-40(23-29)38-9-3-6-12-43(38)50(44)45-24-30(27-47)13-21-35(45)32-15-16-33(28-48)39(25-32)31-17-19-34(20-18-31)49-41-10-4-1-7-36(41)37-8-2-5-11-42(37)49/h1-25H. The molecule has 0 amide bonds. The Morgan fingerprint density at radius 1 is 0.380 bits per heavy atom. The zero-order valence-corrected chi connectivity index (χ0v) is 26.7. The maximum atomic E-state index is 10.2. The van der Waals surface area contributed by atoms with Crippen LogP contribution in [-0.4, -0.2) is 9.13 Å². The summed E-state index contributed by atoms with van der Waals surface area (Å²) in [6.45, 7) is 0. The van der Waals surface area contributed by atoms with Crippen molar-refractivity contribution >= 4 is 43.6 Å². The van der Waals surface area contributed by atoms with Crippen molar-refractivity contribution in [1.82, 2.24) is 9.13 Å². The molecule has 0 spiro atoms. The molecule has 0 aliphatic rings. The largest absolute Gasteiger partial charge is 0.309 e. The molecular weight excluding hydrogens is 611 g/mol. The first kappa shape index (κ1) is 28.8. The maximum Gasteiger partial charge on any atom is 0.0998 e. The Morgan fingerprint density at radius 3 is 1.56 bits per heavy atom. The van der Waals surface area contributed by atoms with Gasteiger partial charge in [0.15, 0.2) is 0 Å². The summed E-state index contributed by atoms with van der Waals surface area (Å²) in [6.07, 6.45) is 0. The monoisotopic (exact) mass is 635 g/mol. The molecule has 2 aromatic heterocycles. The van der Waals surface area contributed by atoms with E-state index in [2.05, 4.69) is 118 Å². The number of nitriles is 3. The third-order valence-corrected chi connectivity index (χ3v) is 9.64. The molecule has 0 saturated heterocycles. The van der Waals surface area contributed by atoms with Crippen LogP contribution in [0.15, 0.2) is 152 Å². The van der Waals surface area contributed by atoms with Gasteiger partial charge in [-0.2, -0.15) is 15.8 Å². The summed E-state index contributed by atoms with van der Waals surface area (Å²) in [4.78, 5) is 0. The fourth-order valence-corrected chi connectivity index (χ4v) is 7.37. The highest BCUT2D eigenvalue weighted by molar-refractivity contribution is 6.11. The first-order valence-corrected chi connectivity index (χ1v) is 16.3. The smallest absolute Gasteiger partial charge is 0.0998 e. The molecule has 9 rings (SSSR count). The average Bonchev–Trinajstić information content (AvgIpc) is 3.70. The van der Waals surface area contributed by atoms with Crippen molar-refractivity contribution in [2.45, 2.75) is 0 Å². The molecule has 0 atom stereocenters. The highest BCUT2D eigenvalue weighted by Gasteiger charge is 2.18. The maximum absolute atomic E-state index is 10.2. The van der Waals surface area contributed by atoms with Gasteiger partial charge in [0.25, 0.3) is 0 Å². The molecule has 9 aromatic rings. The second-order valence-corrected chi connectivity index (χ2v) is 12.3. The summed E-state index contributed by atoms with van der Waals surface area (Å²) in [5.74, 6) is 0. The zero-order valence-electron chi connectivity index (χ0n) is 26.7. The van der Waals surface area contributed by atoms with Gasteiger partial charge in [-0.1, -0.05) is 78.9 Å². The van der Waals surface area contributed by atoms with Crippen LogP contribution >= 0.6 is 0 Å². The second kappa shape index (κ2) is 11.4. The number of benzene rings is 7. The topological polar surface area (TPSA) is 81.2 Å². The Morgan fingerprint density at radius 2 is 0.920 bits per heavy atom. The van der Waals surface area contributed by atoms with Crippen LogP contribution in [-0.2, 0) is 0 Å². The summed E-state index contributed by atoms with van der Waals surface area (Å²) in [7, 11) is 0. The molecule has 5 heteroatoms. The quantitative estimate of drug-likeness (QED) is 0.193. The van der Waals surface area contributed by atoms with Crippen LogP contribution in [0.2, 0.25) is 0 Å². The molecular formula is C45H25N5. The van der Waals surface area contributed by atoms with E-state index in [1.807, 2.05) is 60.7 Å². The molecule has 0 N–H and O–H groups in total. The predicted octanol–water partition coefficient (Wildman–Crippen LogP) is 10.8. The normalized spacial score (nSPS) is 11.1. The lowest BCUT2D eigenvalue weighted by Gasteiger charge is -2.16. The van der Waals surface area contributed by atoms with Gasteiger partial charge < -0.3 is 9.13 Å². The lowest BCUT2D eigenvalue weighted by Crippen LogP contribution is -1.99. The van der Waals surface area contributed by atoms with E-state index in [0.717, 1.165) is 66.5 Å². The molecule has 2 heterocycles. The van der Waals surface area contributed by atoms with Crippen molar-refractivity contribution in [3.63, 3.8) is 0 Å². The molecule has 230 valence electrons. The van der Waals surface area contributed by atoms with Crippen molar-refractivity contribution in [2.75, 3.05) is 0 Å². The molecule has 50 heavy (non-hydrogen) atoms. The van der Waals surface area contributed by atoms with Crippen LogP contribution in [0, 0.1) is 34.0 Å². The Kier molecular flexibility index (Phi) is 6.56.